The summed E-state index contributed by atoms with van der Waals surface area (Å²) in [5.74, 6) is -0.851. The number of amides is 3. The summed E-state index contributed by atoms with van der Waals surface area (Å²) in [4.78, 5) is 37.9. The Hall–Kier alpha value is -3.15. The van der Waals surface area contributed by atoms with Gasteiger partial charge >= 0.3 is 0 Å². The first-order valence-electron chi connectivity index (χ1n) is 8.89. The first-order valence-corrected chi connectivity index (χ1v) is 8.89. The summed E-state index contributed by atoms with van der Waals surface area (Å²) in [6.07, 6.45) is 0.168. The number of nitrogens with one attached hydrogen (secondary N) is 2. The number of carbonyl (C=O) groups is 3. The normalized spacial score (nSPS) is 16.3. The minimum Gasteiger partial charge on any atom is -0.326 e. The van der Waals surface area contributed by atoms with Crippen molar-refractivity contribution in [2.24, 2.45) is 5.92 Å². The summed E-state index contributed by atoms with van der Waals surface area (Å²) < 4.78 is 0. The molecule has 1 aliphatic rings. The van der Waals surface area contributed by atoms with E-state index in [1.54, 1.807) is 29.2 Å². The summed E-state index contributed by atoms with van der Waals surface area (Å²) in [5.41, 5.74) is 4.30. The van der Waals surface area contributed by atoms with E-state index in [0.29, 0.717) is 17.9 Å². The van der Waals surface area contributed by atoms with Gasteiger partial charge in [0.1, 0.15) is 0 Å². The molecule has 6 nitrogen and oxygen atoms in total. The lowest BCUT2D eigenvalue weighted by Crippen LogP contribution is -2.28. The lowest BCUT2D eigenvalue weighted by molar-refractivity contribution is -0.122. The summed E-state index contributed by atoms with van der Waals surface area (Å²) >= 11 is 0. The van der Waals surface area contributed by atoms with Crippen LogP contribution < -0.4 is 15.5 Å². The van der Waals surface area contributed by atoms with Crippen LogP contribution in [0, 0.1) is 19.8 Å². The monoisotopic (exact) mass is 365 g/mol. The van der Waals surface area contributed by atoms with Crippen molar-refractivity contribution in [2.75, 3.05) is 22.1 Å². The molecule has 3 amide bonds. The largest absolute Gasteiger partial charge is 0.326 e. The zero-order valence-corrected chi connectivity index (χ0v) is 15.7. The fourth-order valence-electron chi connectivity index (χ4n) is 3.15. The number of anilines is 3. The average molecular weight is 365 g/mol. The van der Waals surface area contributed by atoms with Crippen LogP contribution in [0.4, 0.5) is 17.1 Å². The van der Waals surface area contributed by atoms with E-state index < -0.39 is 5.92 Å². The minimum atomic E-state index is -0.413. The number of hydrogen-bond donors (Lipinski definition) is 2. The molecule has 1 atom stereocenters. The van der Waals surface area contributed by atoms with Crippen LogP contribution in [0.2, 0.25) is 0 Å². The summed E-state index contributed by atoms with van der Waals surface area (Å²) in [6, 6.07) is 12.8. The molecule has 2 N–H and O–H groups in total. The lowest BCUT2D eigenvalue weighted by Gasteiger charge is -2.18. The van der Waals surface area contributed by atoms with Crippen LogP contribution in [0.25, 0.3) is 0 Å². The Morgan fingerprint density at radius 3 is 2.44 bits per heavy atom. The van der Waals surface area contributed by atoms with Crippen molar-refractivity contribution in [3.63, 3.8) is 0 Å². The van der Waals surface area contributed by atoms with Gasteiger partial charge in [-0.2, -0.15) is 0 Å². The predicted octanol–water partition coefficient (Wildman–Crippen LogP) is 3.25. The fourth-order valence-corrected chi connectivity index (χ4v) is 3.15. The highest BCUT2D eigenvalue weighted by atomic mass is 16.2. The molecule has 27 heavy (non-hydrogen) atoms. The van der Waals surface area contributed by atoms with E-state index in [-0.39, 0.29) is 24.1 Å². The van der Waals surface area contributed by atoms with Crippen LogP contribution in [0.1, 0.15) is 24.5 Å². The van der Waals surface area contributed by atoms with E-state index in [2.05, 4.69) is 10.6 Å². The third kappa shape index (κ3) is 4.34. The summed E-state index contributed by atoms with van der Waals surface area (Å²) in [6.45, 7) is 5.76. The molecule has 0 bridgehead atoms. The number of aryl methyl sites for hydroxylation is 2. The smallest absolute Gasteiger partial charge is 0.229 e. The molecule has 0 aromatic heterocycles. The van der Waals surface area contributed by atoms with Crippen LogP contribution in [-0.4, -0.2) is 24.3 Å². The Morgan fingerprint density at radius 2 is 1.74 bits per heavy atom. The number of nitrogens with zero attached hydrogens (tertiary/aromatic N) is 1. The van der Waals surface area contributed by atoms with Gasteiger partial charge < -0.3 is 15.5 Å². The molecular formula is C21H23N3O3. The van der Waals surface area contributed by atoms with Gasteiger partial charge in [0.2, 0.25) is 17.7 Å². The maximum Gasteiger partial charge on any atom is 0.229 e. The molecule has 1 heterocycles. The minimum absolute atomic E-state index is 0.102. The molecule has 0 radical (unpaired) electrons. The van der Waals surface area contributed by atoms with E-state index in [9.17, 15) is 14.4 Å². The van der Waals surface area contributed by atoms with Crippen LogP contribution in [0.15, 0.2) is 42.5 Å². The van der Waals surface area contributed by atoms with Gasteiger partial charge in [-0.3, -0.25) is 14.4 Å². The second kappa shape index (κ2) is 7.61. The Morgan fingerprint density at radius 1 is 1.00 bits per heavy atom. The number of hydrogen-bond acceptors (Lipinski definition) is 3. The molecule has 2 aromatic carbocycles. The average Bonchev–Trinajstić information content (AvgIpc) is 3.00. The molecule has 140 valence electrons. The molecule has 0 saturated carbocycles. The van der Waals surface area contributed by atoms with Crippen molar-refractivity contribution in [3.05, 3.63) is 53.6 Å². The standard InChI is InChI=1S/C21H23N3O3/c1-13-7-8-18(9-14(13)2)23-21(27)16-10-20(26)24(12-16)19-6-4-5-17(11-19)22-15(3)25/h4-9,11,16H,10,12H2,1-3H3,(H,22,25)(H,23,27)/t16-/m0/s1. The van der Waals surface area contributed by atoms with E-state index in [4.69, 9.17) is 0 Å². The highest BCUT2D eigenvalue weighted by molar-refractivity contribution is 6.04. The van der Waals surface area contributed by atoms with Crippen molar-refractivity contribution in [3.8, 4) is 0 Å². The van der Waals surface area contributed by atoms with E-state index in [1.807, 2.05) is 32.0 Å². The van der Waals surface area contributed by atoms with Gasteiger partial charge in [-0.15, -0.1) is 0 Å². The summed E-state index contributed by atoms with van der Waals surface area (Å²) in [7, 11) is 0. The maximum atomic E-state index is 12.6. The second-order valence-electron chi connectivity index (χ2n) is 6.93. The molecule has 3 rings (SSSR count). The molecule has 6 heteroatoms. The Balaban J connectivity index is 1.70. The van der Waals surface area contributed by atoms with Crippen molar-refractivity contribution in [2.45, 2.75) is 27.2 Å². The van der Waals surface area contributed by atoms with Crippen molar-refractivity contribution < 1.29 is 14.4 Å². The van der Waals surface area contributed by atoms with E-state index in [0.717, 1.165) is 16.8 Å². The van der Waals surface area contributed by atoms with Crippen LogP contribution in [0.5, 0.6) is 0 Å². The first kappa shape index (κ1) is 18.6. The maximum absolute atomic E-state index is 12.6. The third-order valence-corrected chi connectivity index (χ3v) is 4.75. The lowest BCUT2D eigenvalue weighted by atomic mass is 10.1. The van der Waals surface area contributed by atoms with Crippen LogP contribution >= 0.6 is 0 Å². The molecule has 0 aliphatic carbocycles. The van der Waals surface area contributed by atoms with Crippen LogP contribution in [0.3, 0.4) is 0 Å². The molecule has 0 unspecified atom stereocenters. The Bertz CT molecular complexity index is 907. The van der Waals surface area contributed by atoms with Gasteiger partial charge in [0, 0.05) is 37.0 Å². The molecule has 1 saturated heterocycles. The SMILES string of the molecule is CC(=O)Nc1cccc(N2C[C@@H](C(=O)Nc3ccc(C)c(C)c3)CC2=O)c1. The fraction of sp³-hybridized carbons (Fsp3) is 0.286. The highest BCUT2D eigenvalue weighted by Crippen LogP contribution is 2.28. The van der Waals surface area contributed by atoms with Crippen molar-refractivity contribution >= 4 is 34.8 Å². The second-order valence-corrected chi connectivity index (χ2v) is 6.93. The van der Waals surface area contributed by atoms with Crippen LogP contribution in [-0.2, 0) is 14.4 Å². The topological polar surface area (TPSA) is 78.5 Å². The van der Waals surface area contributed by atoms with Gasteiger partial charge in [0.15, 0.2) is 0 Å². The van der Waals surface area contributed by atoms with Gasteiger partial charge in [-0.25, -0.2) is 0 Å². The molecule has 2 aromatic rings. The quantitative estimate of drug-likeness (QED) is 0.873. The molecule has 1 aliphatic heterocycles. The summed E-state index contributed by atoms with van der Waals surface area (Å²) in [5, 5.41) is 5.61. The number of carbonyl (C=O) groups excluding carboxylic acids is 3. The number of benzene rings is 2. The molecule has 1 fully saturated rings. The number of rotatable bonds is 4. The molecular weight excluding hydrogens is 342 g/mol. The Kier molecular flexibility index (Phi) is 5.26. The first-order chi connectivity index (χ1) is 12.8. The highest BCUT2D eigenvalue weighted by Gasteiger charge is 2.35. The van der Waals surface area contributed by atoms with Crippen molar-refractivity contribution in [1.29, 1.82) is 0 Å². The molecule has 0 spiro atoms. The van der Waals surface area contributed by atoms with E-state index >= 15 is 0 Å². The van der Waals surface area contributed by atoms with Gasteiger partial charge in [0.05, 0.1) is 5.92 Å². The van der Waals surface area contributed by atoms with Crippen molar-refractivity contribution in [1.82, 2.24) is 0 Å². The van der Waals surface area contributed by atoms with Gasteiger partial charge in [0.25, 0.3) is 0 Å². The Labute approximate surface area is 158 Å². The zero-order chi connectivity index (χ0) is 19.6. The van der Waals surface area contributed by atoms with Gasteiger partial charge in [-0.05, 0) is 55.3 Å². The predicted molar refractivity (Wildman–Crippen MR) is 106 cm³/mol. The third-order valence-electron chi connectivity index (χ3n) is 4.75. The zero-order valence-electron chi connectivity index (χ0n) is 15.7. The van der Waals surface area contributed by atoms with E-state index in [1.165, 1.54) is 6.92 Å². The van der Waals surface area contributed by atoms with Gasteiger partial charge in [-0.1, -0.05) is 12.1 Å².